The summed E-state index contributed by atoms with van der Waals surface area (Å²) in [5, 5.41) is 16.9. The van der Waals surface area contributed by atoms with Gasteiger partial charge in [-0.1, -0.05) is 23.4 Å². The fourth-order valence-electron chi connectivity index (χ4n) is 3.17. The summed E-state index contributed by atoms with van der Waals surface area (Å²) in [7, 11) is 1.38. The highest BCUT2D eigenvalue weighted by molar-refractivity contribution is 7.99. The Balaban J connectivity index is 1.36. The van der Waals surface area contributed by atoms with Gasteiger partial charge in [-0.25, -0.2) is 0 Å². The smallest absolute Gasteiger partial charge is 0.306 e. The standard InChI is InChI=1S/C26H24ClN3O7S/c1-36-19-9-14-23(30(34)35)22(15-19)29-25(32)16-37-26(33)4-2-3-24(31)28-18-7-12-21(13-8-18)38-20-10-5-17(27)6-11-20/h5-15H,2-4,16H2,1H3,(H,28,31)(H,29,32). The Labute approximate surface area is 227 Å². The first-order valence-corrected chi connectivity index (χ1v) is 12.5. The van der Waals surface area contributed by atoms with Gasteiger partial charge in [0.05, 0.1) is 12.0 Å². The molecule has 3 rings (SSSR count). The van der Waals surface area contributed by atoms with E-state index in [1.165, 1.54) is 25.3 Å². The van der Waals surface area contributed by atoms with Crippen molar-refractivity contribution in [3.63, 3.8) is 0 Å². The van der Waals surface area contributed by atoms with Crippen molar-refractivity contribution in [2.45, 2.75) is 29.1 Å². The second kappa shape index (κ2) is 14.0. The number of halogens is 1. The lowest BCUT2D eigenvalue weighted by atomic mass is 10.2. The highest BCUT2D eigenvalue weighted by Crippen LogP contribution is 2.30. The maximum absolute atomic E-state index is 12.2. The molecule has 0 fully saturated rings. The van der Waals surface area contributed by atoms with Crippen molar-refractivity contribution in [1.82, 2.24) is 0 Å². The summed E-state index contributed by atoms with van der Waals surface area (Å²) in [4.78, 5) is 48.8. The van der Waals surface area contributed by atoms with Gasteiger partial charge in [-0.05, 0) is 61.0 Å². The number of nitrogens with one attached hydrogen (secondary N) is 2. The molecule has 0 aliphatic carbocycles. The molecule has 0 spiro atoms. The van der Waals surface area contributed by atoms with E-state index in [0.717, 1.165) is 9.79 Å². The first kappa shape index (κ1) is 28.5. The minimum absolute atomic E-state index is 0.0727. The quantitative estimate of drug-likeness (QED) is 0.164. The largest absolute Gasteiger partial charge is 0.497 e. The highest BCUT2D eigenvalue weighted by Gasteiger charge is 2.18. The van der Waals surface area contributed by atoms with Gasteiger partial charge in [0.1, 0.15) is 11.4 Å². The number of hydrogen-bond acceptors (Lipinski definition) is 8. The van der Waals surface area contributed by atoms with Gasteiger partial charge in [-0.15, -0.1) is 0 Å². The van der Waals surface area contributed by atoms with Crippen LogP contribution in [0.5, 0.6) is 5.75 Å². The molecule has 12 heteroatoms. The SMILES string of the molecule is COc1ccc([N+](=O)[O-])c(NC(=O)COC(=O)CCCC(=O)Nc2ccc(Sc3ccc(Cl)cc3)cc2)c1. The summed E-state index contributed by atoms with van der Waals surface area (Å²) in [5.74, 6) is -1.37. The van der Waals surface area contributed by atoms with E-state index < -0.39 is 23.4 Å². The van der Waals surface area contributed by atoms with Gasteiger partial charge in [-0.3, -0.25) is 24.5 Å². The normalized spacial score (nSPS) is 10.4. The molecule has 10 nitrogen and oxygen atoms in total. The lowest BCUT2D eigenvalue weighted by Crippen LogP contribution is -2.21. The topological polar surface area (TPSA) is 137 Å². The van der Waals surface area contributed by atoms with Gasteiger partial charge >= 0.3 is 5.97 Å². The fraction of sp³-hybridized carbons (Fsp3) is 0.192. The van der Waals surface area contributed by atoms with Gasteiger partial charge < -0.3 is 20.1 Å². The van der Waals surface area contributed by atoms with E-state index in [1.807, 2.05) is 36.4 Å². The van der Waals surface area contributed by atoms with Crippen LogP contribution in [0, 0.1) is 10.1 Å². The van der Waals surface area contributed by atoms with Crippen LogP contribution >= 0.6 is 23.4 Å². The second-order valence-corrected chi connectivity index (χ2v) is 9.41. The molecule has 0 atom stereocenters. The van der Waals surface area contributed by atoms with Crippen molar-refractivity contribution in [1.29, 1.82) is 0 Å². The Morgan fingerprint density at radius 1 is 0.921 bits per heavy atom. The predicted octanol–water partition coefficient (Wildman–Crippen LogP) is 5.70. The fourth-order valence-corrected chi connectivity index (χ4v) is 4.11. The molecule has 0 saturated heterocycles. The Morgan fingerprint density at radius 3 is 2.21 bits per heavy atom. The van der Waals surface area contributed by atoms with Crippen molar-refractivity contribution in [2.24, 2.45) is 0 Å². The van der Waals surface area contributed by atoms with E-state index in [9.17, 15) is 24.5 Å². The molecule has 0 radical (unpaired) electrons. The highest BCUT2D eigenvalue weighted by atomic mass is 35.5. The van der Waals surface area contributed by atoms with E-state index in [-0.39, 0.29) is 36.5 Å². The molecule has 3 aromatic carbocycles. The molecule has 0 unspecified atom stereocenters. The second-order valence-electron chi connectivity index (χ2n) is 7.83. The number of benzene rings is 3. The minimum atomic E-state index is -0.745. The van der Waals surface area contributed by atoms with Crippen molar-refractivity contribution < 1.29 is 28.8 Å². The molecule has 0 heterocycles. The molecular formula is C26H24ClN3O7S. The average molecular weight is 558 g/mol. The number of methoxy groups -OCH3 is 1. The van der Waals surface area contributed by atoms with Crippen molar-refractivity contribution in [3.8, 4) is 5.75 Å². The van der Waals surface area contributed by atoms with Crippen LogP contribution in [0.1, 0.15) is 19.3 Å². The van der Waals surface area contributed by atoms with Crippen LogP contribution in [0.3, 0.4) is 0 Å². The van der Waals surface area contributed by atoms with Gasteiger partial charge in [-0.2, -0.15) is 0 Å². The van der Waals surface area contributed by atoms with Gasteiger partial charge in [0, 0.05) is 45.5 Å². The number of nitro groups is 1. The molecular weight excluding hydrogens is 534 g/mol. The van der Waals surface area contributed by atoms with Crippen LogP contribution in [0.4, 0.5) is 17.1 Å². The van der Waals surface area contributed by atoms with Crippen LogP contribution in [0.25, 0.3) is 0 Å². The third-order valence-electron chi connectivity index (χ3n) is 5.01. The molecule has 2 N–H and O–H groups in total. The first-order chi connectivity index (χ1) is 18.2. The number of nitrogens with zero attached hydrogens (tertiary/aromatic N) is 1. The van der Waals surface area contributed by atoms with E-state index >= 15 is 0 Å². The summed E-state index contributed by atoms with van der Waals surface area (Å²) in [5.41, 5.74) is 0.219. The maximum atomic E-state index is 12.2. The van der Waals surface area contributed by atoms with Gasteiger partial charge in [0.2, 0.25) is 5.91 Å². The number of nitro benzene ring substituents is 1. The Morgan fingerprint density at radius 2 is 1.58 bits per heavy atom. The molecule has 3 aromatic rings. The molecule has 0 aliphatic rings. The molecule has 0 aromatic heterocycles. The minimum Gasteiger partial charge on any atom is -0.497 e. The summed E-state index contributed by atoms with van der Waals surface area (Å²) in [6.45, 7) is -0.625. The Bertz CT molecular complexity index is 1300. The van der Waals surface area contributed by atoms with E-state index in [4.69, 9.17) is 21.1 Å². The Kier molecular flexibility index (Phi) is 10.5. The third-order valence-corrected chi connectivity index (χ3v) is 6.28. The van der Waals surface area contributed by atoms with Gasteiger partial charge in [0.25, 0.3) is 11.6 Å². The molecule has 2 amide bonds. The number of carbonyl (C=O) groups excluding carboxylic acids is 3. The number of amides is 2. The van der Waals surface area contributed by atoms with Crippen molar-refractivity contribution in [3.05, 3.63) is 81.9 Å². The number of esters is 1. The van der Waals surface area contributed by atoms with Crippen molar-refractivity contribution in [2.75, 3.05) is 24.4 Å². The maximum Gasteiger partial charge on any atom is 0.306 e. The monoisotopic (exact) mass is 557 g/mol. The summed E-state index contributed by atoms with van der Waals surface area (Å²) >= 11 is 7.47. The van der Waals surface area contributed by atoms with E-state index in [2.05, 4.69) is 10.6 Å². The van der Waals surface area contributed by atoms with E-state index in [0.29, 0.717) is 16.5 Å². The first-order valence-electron chi connectivity index (χ1n) is 11.3. The number of carbonyl (C=O) groups is 3. The zero-order valence-corrected chi connectivity index (χ0v) is 21.8. The van der Waals surface area contributed by atoms with E-state index in [1.54, 1.807) is 23.9 Å². The van der Waals surface area contributed by atoms with Crippen LogP contribution in [-0.4, -0.2) is 36.4 Å². The lowest BCUT2D eigenvalue weighted by molar-refractivity contribution is -0.383. The van der Waals surface area contributed by atoms with Crippen LogP contribution in [0.15, 0.2) is 76.5 Å². The van der Waals surface area contributed by atoms with Crippen LogP contribution < -0.4 is 15.4 Å². The lowest BCUT2D eigenvalue weighted by Gasteiger charge is -2.09. The van der Waals surface area contributed by atoms with Gasteiger partial charge in [0.15, 0.2) is 6.61 Å². The molecule has 38 heavy (non-hydrogen) atoms. The molecule has 0 bridgehead atoms. The Hall–Kier alpha value is -4.09. The number of ether oxygens (including phenoxy) is 2. The number of rotatable bonds is 12. The molecule has 198 valence electrons. The van der Waals surface area contributed by atoms with Crippen LogP contribution in [0.2, 0.25) is 5.02 Å². The summed E-state index contributed by atoms with van der Waals surface area (Å²) in [6, 6.07) is 18.7. The number of hydrogen-bond donors (Lipinski definition) is 2. The third kappa shape index (κ3) is 9.09. The number of anilines is 2. The van der Waals surface area contributed by atoms with Crippen molar-refractivity contribution >= 4 is 58.2 Å². The van der Waals surface area contributed by atoms with Crippen LogP contribution in [-0.2, 0) is 19.1 Å². The molecule has 0 saturated carbocycles. The summed E-state index contributed by atoms with van der Waals surface area (Å²) < 4.78 is 9.91. The zero-order chi connectivity index (χ0) is 27.5. The zero-order valence-electron chi connectivity index (χ0n) is 20.3. The summed E-state index contributed by atoms with van der Waals surface area (Å²) in [6.07, 6.45) is 0.230. The molecule has 0 aliphatic heterocycles. The average Bonchev–Trinajstić information content (AvgIpc) is 2.89. The predicted molar refractivity (Wildman–Crippen MR) is 144 cm³/mol.